The minimum Gasteiger partial charge on any atom is -0.365 e. The van der Waals surface area contributed by atoms with Gasteiger partial charge in [0.05, 0.1) is 30.0 Å². The van der Waals surface area contributed by atoms with E-state index in [1.807, 2.05) is 6.92 Å². The molecule has 0 bridgehead atoms. The summed E-state index contributed by atoms with van der Waals surface area (Å²) in [6, 6.07) is 8.65. The molecule has 0 aliphatic carbocycles. The normalized spacial score (nSPS) is 17.4. The molecule has 1 saturated heterocycles. The first-order valence-corrected chi connectivity index (χ1v) is 11.8. The zero-order valence-corrected chi connectivity index (χ0v) is 18.0. The third-order valence-electron chi connectivity index (χ3n) is 5.23. The molecule has 1 unspecified atom stereocenters. The zero-order valence-electron chi connectivity index (χ0n) is 17.2. The number of hydrogen-bond acceptors (Lipinski definition) is 7. The van der Waals surface area contributed by atoms with Crippen LogP contribution in [0.15, 0.2) is 30.5 Å². The summed E-state index contributed by atoms with van der Waals surface area (Å²) >= 11 is 0. The summed E-state index contributed by atoms with van der Waals surface area (Å²) in [6.07, 6.45) is 2.47. The number of nitrogens with one attached hydrogen (secondary N) is 1. The standard InChI is InChI=1S/C20H26N6O4S/c1-2-16(7-8-21)26-13-17(18(22)27)19(24-26)23-15-5-3-14(4-6-15)20(28)25-9-11-31(29,30)12-10-25/h3-6,13,16,29-30H,2,7,9-12H2,1H3,(H2,22,27)(H,23,24). The molecule has 1 aromatic heterocycles. The number of anilines is 2. The number of rotatable bonds is 7. The fraction of sp³-hybridized carbons (Fsp3) is 0.400. The highest BCUT2D eigenvalue weighted by Crippen LogP contribution is 2.40. The van der Waals surface area contributed by atoms with E-state index in [9.17, 15) is 18.7 Å². The van der Waals surface area contributed by atoms with E-state index in [1.54, 1.807) is 33.8 Å². The highest BCUT2D eigenvalue weighted by atomic mass is 32.3. The maximum Gasteiger partial charge on any atom is 0.254 e. The Labute approximate surface area is 182 Å². The highest BCUT2D eigenvalue weighted by molar-refractivity contribution is 8.24. The van der Waals surface area contributed by atoms with Crippen molar-refractivity contribution in [1.82, 2.24) is 14.7 Å². The predicted octanol–water partition coefficient (Wildman–Crippen LogP) is 2.80. The number of carbonyl (C=O) groups is 2. The molecule has 3 rings (SSSR count). The summed E-state index contributed by atoms with van der Waals surface area (Å²) in [5, 5.41) is 16.4. The molecule has 1 atom stereocenters. The lowest BCUT2D eigenvalue weighted by Crippen LogP contribution is -2.42. The van der Waals surface area contributed by atoms with Gasteiger partial charge in [0.25, 0.3) is 11.8 Å². The summed E-state index contributed by atoms with van der Waals surface area (Å²) in [5.74, 6) is -0.137. The van der Waals surface area contributed by atoms with Gasteiger partial charge in [-0.15, -0.1) is 0 Å². The van der Waals surface area contributed by atoms with Gasteiger partial charge in [0.1, 0.15) is 5.56 Å². The molecule has 1 aliphatic rings. The molecule has 1 aliphatic heterocycles. The molecule has 31 heavy (non-hydrogen) atoms. The summed E-state index contributed by atoms with van der Waals surface area (Å²) in [4.78, 5) is 26.1. The Morgan fingerprint density at radius 2 is 1.94 bits per heavy atom. The summed E-state index contributed by atoms with van der Waals surface area (Å²) in [5.41, 5.74) is 6.79. The van der Waals surface area contributed by atoms with Gasteiger partial charge < -0.3 is 16.0 Å². The Balaban J connectivity index is 1.74. The maximum atomic E-state index is 12.6. The lowest BCUT2D eigenvalue weighted by molar-refractivity contribution is 0.0767. The lowest BCUT2D eigenvalue weighted by Gasteiger charge is -2.40. The Kier molecular flexibility index (Phi) is 6.84. The Hall–Kier alpha value is -3.07. The van der Waals surface area contributed by atoms with Crippen molar-refractivity contribution in [2.45, 2.75) is 25.8 Å². The predicted molar refractivity (Wildman–Crippen MR) is 119 cm³/mol. The van der Waals surface area contributed by atoms with E-state index in [1.165, 1.54) is 6.20 Å². The topological polar surface area (TPSA) is 158 Å². The van der Waals surface area contributed by atoms with E-state index in [0.29, 0.717) is 30.8 Å². The maximum absolute atomic E-state index is 12.6. The van der Waals surface area contributed by atoms with Crippen LogP contribution in [0.1, 0.15) is 46.5 Å². The van der Waals surface area contributed by atoms with Gasteiger partial charge in [-0.25, -0.2) is 0 Å². The number of nitrogens with zero attached hydrogens (tertiary/aromatic N) is 4. The van der Waals surface area contributed by atoms with Gasteiger partial charge in [0.15, 0.2) is 5.82 Å². The van der Waals surface area contributed by atoms with E-state index in [4.69, 9.17) is 11.0 Å². The Morgan fingerprint density at radius 3 is 2.48 bits per heavy atom. The second-order valence-corrected chi connectivity index (χ2v) is 9.79. The lowest BCUT2D eigenvalue weighted by atomic mass is 10.1. The first-order chi connectivity index (χ1) is 14.7. The van der Waals surface area contributed by atoms with Gasteiger partial charge in [-0.05, 0) is 30.7 Å². The third kappa shape index (κ3) is 5.35. The molecule has 166 valence electrons. The Bertz CT molecular complexity index is 988. The fourth-order valence-electron chi connectivity index (χ4n) is 3.33. The van der Waals surface area contributed by atoms with Gasteiger partial charge in [-0.3, -0.25) is 23.4 Å². The van der Waals surface area contributed by atoms with Gasteiger partial charge in [0, 0.05) is 30.5 Å². The summed E-state index contributed by atoms with van der Waals surface area (Å²) in [7, 11) is -2.56. The monoisotopic (exact) mass is 446 g/mol. The molecule has 2 aromatic rings. The van der Waals surface area contributed by atoms with Crippen molar-refractivity contribution in [3.05, 3.63) is 41.6 Å². The quantitative estimate of drug-likeness (QED) is 0.509. The number of amides is 2. The number of nitrogens with two attached hydrogens (primary N) is 1. The van der Waals surface area contributed by atoms with Crippen LogP contribution in [0.2, 0.25) is 0 Å². The van der Waals surface area contributed by atoms with Crippen LogP contribution in [0, 0.1) is 11.3 Å². The molecule has 0 radical (unpaired) electrons. The first kappa shape index (κ1) is 22.6. The number of primary amides is 1. The first-order valence-electron chi connectivity index (χ1n) is 9.90. The van der Waals surface area contributed by atoms with Gasteiger partial charge in [-0.1, -0.05) is 6.92 Å². The van der Waals surface area contributed by atoms with Crippen molar-refractivity contribution in [3.8, 4) is 6.07 Å². The average molecular weight is 447 g/mol. The van der Waals surface area contributed by atoms with Gasteiger partial charge in [-0.2, -0.15) is 21.0 Å². The molecule has 1 fully saturated rings. The Morgan fingerprint density at radius 1 is 1.29 bits per heavy atom. The van der Waals surface area contributed by atoms with Crippen LogP contribution in [0.3, 0.4) is 0 Å². The van der Waals surface area contributed by atoms with E-state index in [0.717, 1.165) is 0 Å². The van der Waals surface area contributed by atoms with Crippen LogP contribution in [-0.2, 0) is 0 Å². The fourth-order valence-corrected chi connectivity index (χ4v) is 4.56. The molecule has 5 N–H and O–H groups in total. The van der Waals surface area contributed by atoms with Gasteiger partial charge >= 0.3 is 0 Å². The number of hydrogen-bond donors (Lipinski definition) is 4. The molecule has 11 heteroatoms. The molecular formula is C20H26N6O4S. The van der Waals surface area contributed by atoms with E-state index in [-0.39, 0.29) is 41.3 Å². The largest absolute Gasteiger partial charge is 0.365 e. The molecule has 10 nitrogen and oxygen atoms in total. The van der Waals surface area contributed by atoms with Gasteiger partial charge in [0.2, 0.25) is 0 Å². The van der Waals surface area contributed by atoms with E-state index in [2.05, 4.69) is 16.5 Å². The van der Waals surface area contributed by atoms with Crippen molar-refractivity contribution in [2.24, 2.45) is 5.73 Å². The second-order valence-electron chi connectivity index (χ2n) is 7.36. The van der Waals surface area contributed by atoms with Crippen molar-refractivity contribution < 1.29 is 18.7 Å². The minimum absolute atomic E-state index is 0.165. The smallest absolute Gasteiger partial charge is 0.254 e. The van der Waals surface area contributed by atoms with Crippen molar-refractivity contribution in [2.75, 3.05) is 29.9 Å². The minimum atomic E-state index is -2.56. The van der Waals surface area contributed by atoms with Crippen LogP contribution in [0.5, 0.6) is 0 Å². The molecule has 1 aromatic carbocycles. The van der Waals surface area contributed by atoms with Crippen LogP contribution in [-0.4, -0.2) is 60.2 Å². The molecule has 2 amide bonds. The van der Waals surface area contributed by atoms with Crippen LogP contribution < -0.4 is 11.1 Å². The number of nitriles is 1. The van der Waals surface area contributed by atoms with Crippen LogP contribution >= 0.6 is 10.6 Å². The second kappa shape index (κ2) is 9.38. The molecule has 0 spiro atoms. The number of benzene rings is 1. The van der Waals surface area contributed by atoms with E-state index >= 15 is 0 Å². The van der Waals surface area contributed by atoms with Crippen molar-refractivity contribution >= 4 is 33.9 Å². The SMILES string of the molecule is CCC(CC#N)n1cc(C(N)=O)c(Nc2ccc(C(=O)N3CCS(O)(O)CC3)cc2)n1. The molecular weight excluding hydrogens is 420 g/mol. The van der Waals surface area contributed by atoms with Crippen molar-refractivity contribution in [1.29, 1.82) is 5.26 Å². The number of carbonyl (C=O) groups excluding carboxylic acids is 2. The zero-order chi connectivity index (χ0) is 22.6. The van der Waals surface area contributed by atoms with Crippen LogP contribution in [0.25, 0.3) is 0 Å². The van der Waals surface area contributed by atoms with Crippen molar-refractivity contribution in [3.63, 3.8) is 0 Å². The highest BCUT2D eigenvalue weighted by Gasteiger charge is 2.26. The third-order valence-corrected chi connectivity index (χ3v) is 6.90. The van der Waals surface area contributed by atoms with E-state index < -0.39 is 16.5 Å². The summed E-state index contributed by atoms with van der Waals surface area (Å²) < 4.78 is 21.0. The molecule has 0 saturated carbocycles. The summed E-state index contributed by atoms with van der Waals surface area (Å²) in [6.45, 7) is 2.55. The number of aromatic nitrogens is 2. The van der Waals surface area contributed by atoms with Crippen LogP contribution in [0.4, 0.5) is 11.5 Å². The molecule has 2 heterocycles. The average Bonchev–Trinajstić information content (AvgIpc) is 3.16.